The highest BCUT2D eigenvalue weighted by atomic mass is 16.5. The predicted molar refractivity (Wildman–Crippen MR) is 154 cm³/mol. The molecule has 0 saturated heterocycles. The van der Waals surface area contributed by atoms with Crippen molar-refractivity contribution in [3.63, 3.8) is 0 Å². The number of methoxy groups -OCH3 is 2. The molecule has 0 fully saturated rings. The van der Waals surface area contributed by atoms with Gasteiger partial charge >= 0.3 is 0 Å². The number of carbonyl (C=O) groups excluding carboxylic acids is 2. The first-order valence-corrected chi connectivity index (χ1v) is 13.1. The summed E-state index contributed by atoms with van der Waals surface area (Å²) >= 11 is 0. The highest BCUT2D eigenvalue weighted by Gasteiger charge is 2.31. The molecule has 0 aromatic heterocycles. The number of carbonyl (C=O) groups is 2. The Bertz CT molecular complexity index is 1360. The number of rotatable bonds is 13. The number of nitrogens with zero attached hydrogens (tertiary/aromatic N) is 1. The van der Waals surface area contributed by atoms with Crippen LogP contribution in [0.1, 0.15) is 22.7 Å². The molecule has 0 aliphatic heterocycles. The second-order valence-electron chi connectivity index (χ2n) is 9.15. The van der Waals surface area contributed by atoms with E-state index < -0.39 is 6.04 Å². The lowest BCUT2D eigenvalue weighted by Gasteiger charge is -2.31. The molecular formula is C33H34N2O5. The van der Waals surface area contributed by atoms with Crippen LogP contribution in [0, 0.1) is 0 Å². The molecule has 1 N–H and O–H groups in total. The first-order valence-electron chi connectivity index (χ1n) is 13.1. The third kappa shape index (κ3) is 7.63. The number of benzene rings is 4. The van der Waals surface area contributed by atoms with E-state index >= 15 is 0 Å². The fourth-order valence-electron chi connectivity index (χ4n) is 4.42. The van der Waals surface area contributed by atoms with E-state index in [0.717, 1.165) is 16.7 Å². The van der Waals surface area contributed by atoms with E-state index in [1.165, 1.54) is 0 Å². The lowest BCUT2D eigenvalue weighted by Crippen LogP contribution is -2.45. The molecule has 4 aromatic carbocycles. The van der Waals surface area contributed by atoms with Crippen LogP contribution in [-0.4, -0.2) is 44.1 Å². The van der Waals surface area contributed by atoms with Gasteiger partial charge in [-0.1, -0.05) is 84.9 Å². The zero-order chi connectivity index (χ0) is 28.2. The predicted octanol–water partition coefficient (Wildman–Crippen LogP) is 5.21. The van der Waals surface area contributed by atoms with Gasteiger partial charge in [-0.15, -0.1) is 0 Å². The van der Waals surface area contributed by atoms with Crippen molar-refractivity contribution in [2.45, 2.75) is 19.0 Å². The fraction of sp³-hybridized carbons (Fsp3) is 0.212. The van der Waals surface area contributed by atoms with E-state index in [4.69, 9.17) is 14.2 Å². The zero-order valence-electron chi connectivity index (χ0n) is 22.8. The summed E-state index contributed by atoms with van der Waals surface area (Å²) in [6.45, 7) is 0.436. The van der Waals surface area contributed by atoms with Gasteiger partial charge in [0.1, 0.15) is 11.8 Å². The zero-order valence-corrected chi connectivity index (χ0v) is 22.8. The van der Waals surface area contributed by atoms with Crippen LogP contribution in [0.15, 0.2) is 109 Å². The Morgan fingerprint density at radius 3 is 2.02 bits per heavy atom. The number of nitrogens with one attached hydrogen (secondary N) is 1. The normalized spacial score (nSPS) is 11.2. The average Bonchev–Trinajstić information content (AvgIpc) is 3.01. The third-order valence-electron chi connectivity index (χ3n) is 6.46. The number of hydrogen-bond donors (Lipinski definition) is 1. The first-order chi connectivity index (χ1) is 19.6. The number of para-hydroxylation sites is 1. The van der Waals surface area contributed by atoms with Crippen molar-refractivity contribution in [1.82, 2.24) is 10.2 Å². The Labute approximate surface area is 235 Å². The fourth-order valence-corrected chi connectivity index (χ4v) is 4.42. The molecule has 4 rings (SSSR count). The molecule has 0 spiro atoms. The van der Waals surface area contributed by atoms with Crippen molar-refractivity contribution in [3.05, 3.63) is 126 Å². The summed E-state index contributed by atoms with van der Waals surface area (Å²) in [7, 11) is 3.18. The minimum Gasteiger partial charge on any atom is -0.493 e. The molecule has 2 amide bonds. The molecule has 0 saturated carbocycles. The van der Waals surface area contributed by atoms with E-state index in [0.29, 0.717) is 30.2 Å². The molecule has 1 atom stereocenters. The summed E-state index contributed by atoms with van der Waals surface area (Å²) in [5, 5.41) is 3.05. The van der Waals surface area contributed by atoms with Crippen molar-refractivity contribution in [2.75, 3.05) is 27.4 Å². The molecule has 7 nitrogen and oxygen atoms in total. The van der Waals surface area contributed by atoms with E-state index in [1.807, 2.05) is 97.1 Å². The monoisotopic (exact) mass is 538 g/mol. The van der Waals surface area contributed by atoms with Gasteiger partial charge in [-0.05, 0) is 47.4 Å². The highest BCUT2D eigenvalue weighted by Crippen LogP contribution is 2.28. The SMILES string of the molecule is COc1ccc(CCNC(=O)C(c2ccccc2)N(Cc2ccccc2)C(=O)COc2ccccc2)cc1OC. The van der Waals surface area contributed by atoms with Crippen LogP contribution in [-0.2, 0) is 22.6 Å². The highest BCUT2D eigenvalue weighted by molar-refractivity contribution is 5.89. The van der Waals surface area contributed by atoms with Crippen molar-refractivity contribution in [3.8, 4) is 17.2 Å². The number of ether oxygens (including phenoxy) is 3. The number of amides is 2. The second-order valence-corrected chi connectivity index (χ2v) is 9.15. The molecule has 4 aromatic rings. The third-order valence-corrected chi connectivity index (χ3v) is 6.46. The Balaban J connectivity index is 1.55. The van der Waals surface area contributed by atoms with Crippen LogP contribution < -0.4 is 19.5 Å². The van der Waals surface area contributed by atoms with Crippen molar-refractivity contribution in [2.24, 2.45) is 0 Å². The van der Waals surface area contributed by atoms with Crippen molar-refractivity contribution < 1.29 is 23.8 Å². The molecule has 0 heterocycles. The van der Waals surface area contributed by atoms with Gasteiger partial charge in [0.05, 0.1) is 14.2 Å². The van der Waals surface area contributed by atoms with Gasteiger partial charge in [0, 0.05) is 13.1 Å². The van der Waals surface area contributed by atoms with Gasteiger partial charge in [-0.25, -0.2) is 0 Å². The Morgan fingerprint density at radius 2 is 1.38 bits per heavy atom. The van der Waals surface area contributed by atoms with Crippen LogP contribution in [0.2, 0.25) is 0 Å². The van der Waals surface area contributed by atoms with Gasteiger partial charge in [0.15, 0.2) is 18.1 Å². The summed E-state index contributed by atoms with van der Waals surface area (Å²) < 4.78 is 16.5. The molecular weight excluding hydrogens is 504 g/mol. The van der Waals surface area contributed by atoms with Gasteiger partial charge in [0.2, 0.25) is 5.91 Å². The minimum absolute atomic E-state index is 0.195. The van der Waals surface area contributed by atoms with Gasteiger partial charge in [-0.2, -0.15) is 0 Å². The Hall–Kier alpha value is -4.78. The molecule has 40 heavy (non-hydrogen) atoms. The van der Waals surface area contributed by atoms with Gasteiger partial charge in [0.25, 0.3) is 5.91 Å². The largest absolute Gasteiger partial charge is 0.493 e. The van der Waals surface area contributed by atoms with E-state index in [2.05, 4.69) is 5.32 Å². The summed E-state index contributed by atoms with van der Waals surface area (Å²) in [4.78, 5) is 29.0. The molecule has 0 aliphatic carbocycles. The van der Waals surface area contributed by atoms with Crippen LogP contribution in [0.5, 0.6) is 17.2 Å². The van der Waals surface area contributed by atoms with Crippen LogP contribution in [0.3, 0.4) is 0 Å². The summed E-state index contributed by atoms with van der Waals surface area (Å²) in [6.07, 6.45) is 0.581. The minimum atomic E-state index is -0.848. The Morgan fingerprint density at radius 1 is 0.750 bits per heavy atom. The second kappa shape index (κ2) is 14.4. The standard InChI is InChI=1S/C33H34N2O5/c1-38-29-19-18-25(22-30(29)39-2)20-21-34-33(37)32(27-14-8-4-9-15-27)35(23-26-12-6-3-7-13-26)31(36)24-40-28-16-10-5-11-17-28/h3-19,22,32H,20-21,23-24H2,1-2H3,(H,34,37). The molecule has 206 valence electrons. The maximum atomic E-state index is 13.8. The Kier molecular flexibility index (Phi) is 10.2. The lowest BCUT2D eigenvalue weighted by atomic mass is 10.0. The lowest BCUT2D eigenvalue weighted by molar-refractivity contribution is -0.143. The quantitative estimate of drug-likeness (QED) is 0.253. The smallest absolute Gasteiger partial charge is 0.261 e. The summed E-state index contributed by atoms with van der Waals surface area (Å²) in [5.41, 5.74) is 2.62. The number of hydrogen-bond acceptors (Lipinski definition) is 5. The molecule has 0 aliphatic rings. The van der Waals surface area contributed by atoms with Crippen LogP contribution >= 0.6 is 0 Å². The van der Waals surface area contributed by atoms with Gasteiger partial charge in [-0.3, -0.25) is 9.59 Å². The summed E-state index contributed by atoms with van der Waals surface area (Å²) in [6, 6.07) is 33.0. The molecule has 0 bridgehead atoms. The van der Waals surface area contributed by atoms with Crippen LogP contribution in [0.25, 0.3) is 0 Å². The van der Waals surface area contributed by atoms with Crippen LogP contribution in [0.4, 0.5) is 0 Å². The maximum Gasteiger partial charge on any atom is 0.261 e. The molecule has 7 heteroatoms. The first kappa shape index (κ1) is 28.2. The van der Waals surface area contributed by atoms with E-state index in [-0.39, 0.29) is 25.0 Å². The van der Waals surface area contributed by atoms with E-state index in [1.54, 1.807) is 31.3 Å². The molecule has 1 unspecified atom stereocenters. The van der Waals surface area contributed by atoms with Gasteiger partial charge < -0.3 is 24.4 Å². The maximum absolute atomic E-state index is 13.8. The summed E-state index contributed by atoms with van der Waals surface area (Å²) in [5.74, 6) is 1.30. The topological polar surface area (TPSA) is 77.1 Å². The van der Waals surface area contributed by atoms with Crippen molar-refractivity contribution >= 4 is 11.8 Å². The molecule has 0 radical (unpaired) electrons. The van der Waals surface area contributed by atoms with E-state index in [9.17, 15) is 9.59 Å². The average molecular weight is 539 g/mol. The van der Waals surface area contributed by atoms with Crippen molar-refractivity contribution in [1.29, 1.82) is 0 Å².